The van der Waals surface area contributed by atoms with E-state index in [9.17, 15) is 17.6 Å². The number of nitrogens with zero attached hydrogens (tertiary/aromatic N) is 1. The molecule has 0 radical (unpaired) electrons. The Kier molecular flexibility index (Phi) is 6.11. The average molecular weight is 390 g/mol. The van der Waals surface area contributed by atoms with Crippen LogP contribution >= 0.6 is 0 Å². The summed E-state index contributed by atoms with van der Waals surface area (Å²) in [5.41, 5.74) is 1.73. The van der Waals surface area contributed by atoms with E-state index in [2.05, 4.69) is 5.32 Å². The highest BCUT2D eigenvalue weighted by atomic mass is 32.2. The van der Waals surface area contributed by atoms with Crippen molar-refractivity contribution in [1.29, 1.82) is 0 Å². The second kappa shape index (κ2) is 8.52. The predicted octanol–water partition coefficient (Wildman–Crippen LogP) is 3.72. The molecule has 0 aromatic heterocycles. The van der Waals surface area contributed by atoms with E-state index in [1.807, 2.05) is 0 Å². The summed E-state index contributed by atoms with van der Waals surface area (Å²) in [6.07, 6.45) is 2.79. The molecule has 0 atom stereocenters. The molecule has 1 fully saturated rings. The first-order valence-electron chi connectivity index (χ1n) is 9.09. The van der Waals surface area contributed by atoms with E-state index in [-0.39, 0.29) is 23.9 Å². The fourth-order valence-corrected chi connectivity index (χ4v) is 4.81. The summed E-state index contributed by atoms with van der Waals surface area (Å²) in [5, 5.41) is 2.80. The first kappa shape index (κ1) is 19.4. The van der Waals surface area contributed by atoms with Gasteiger partial charge in [-0.25, -0.2) is 12.8 Å². The summed E-state index contributed by atoms with van der Waals surface area (Å²) in [5.74, 6) is -0.280. The minimum Gasteiger partial charge on any atom is -0.326 e. The van der Waals surface area contributed by atoms with Gasteiger partial charge in [0.05, 0.1) is 11.4 Å². The molecule has 2 aromatic rings. The molecule has 1 saturated heterocycles. The summed E-state index contributed by atoms with van der Waals surface area (Å²) in [6, 6.07) is 13.4. The molecule has 0 saturated carbocycles. The number of rotatable bonds is 6. The van der Waals surface area contributed by atoms with E-state index in [4.69, 9.17) is 0 Å². The smallest absolute Gasteiger partial charge is 0.235 e. The Morgan fingerprint density at radius 2 is 1.93 bits per heavy atom. The number of amides is 1. The molecule has 1 aliphatic heterocycles. The molecule has 0 bridgehead atoms. The van der Waals surface area contributed by atoms with Gasteiger partial charge in [0.2, 0.25) is 15.9 Å². The molecule has 1 aliphatic rings. The van der Waals surface area contributed by atoms with Crippen molar-refractivity contribution < 1.29 is 17.6 Å². The maximum absolute atomic E-state index is 13.6. The van der Waals surface area contributed by atoms with Crippen molar-refractivity contribution in [2.75, 3.05) is 21.9 Å². The number of hydrogen-bond donors (Lipinski definition) is 1. The van der Waals surface area contributed by atoms with Gasteiger partial charge < -0.3 is 5.32 Å². The quantitative estimate of drug-likeness (QED) is 0.818. The van der Waals surface area contributed by atoms with Gasteiger partial charge in [-0.1, -0.05) is 24.3 Å². The predicted molar refractivity (Wildman–Crippen MR) is 105 cm³/mol. The normalized spacial score (nSPS) is 16.1. The first-order chi connectivity index (χ1) is 13.0. The molecule has 0 unspecified atom stereocenters. The molecule has 2 aromatic carbocycles. The Hall–Kier alpha value is -2.41. The van der Waals surface area contributed by atoms with Crippen LogP contribution in [0.4, 0.5) is 15.8 Å². The van der Waals surface area contributed by atoms with E-state index >= 15 is 0 Å². The Morgan fingerprint density at radius 1 is 1.11 bits per heavy atom. The van der Waals surface area contributed by atoms with Gasteiger partial charge in [-0.3, -0.25) is 9.10 Å². The van der Waals surface area contributed by atoms with Gasteiger partial charge in [0.25, 0.3) is 0 Å². The fourth-order valence-electron chi connectivity index (χ4n) is 3.18. The van der Waals surface area contributed by atoms with Gasteiger partial charge in [0.15, 0.2) is 0 Å². The molecular formula is C20H23FN2O3S. The van der Waals surface area contributed by atoms with Crippen LogP contribution in [0.25, 0.3) is 0 Å². The van der Waals surface area contributed by atoms with Crippen molar-refractivity contribution in [3.63, 3.8) is 0 Å². The highest BCUT2D eigenvalue weighted by Gasteiger charge is 2.26. The molecule has 27 heavy (non-hydrogen) atoms. The second-order valence-corrected chi connectivity index (χ2v) is 8.65. The highest BCUT2D eigenvalue weighted by Crippen LogP contribution is 2.26. The summed E-state index contributed by atoms with van der Waals surface area (Å²) in [4.78, 5) is 12.2. The zero-order valence-corrected chi connectivity index (χ0v) is 15.8. The Bertz CT molecular complexity index is 915. The number of carbonyl (C=O) groups is 1. The maximum Gasteiger partial charge on any atom is 0.235 e. The van der Waals surface area contributed by atoms with Gasteiger partial charge in [0.1, 0.15) is 5.82 Å². The maximum atomic E-state index is 13.6. The topological polar surface area (TPSA) is 66.5 Å². The average Bonchev–Trinajstić information content (AvgIpc) is 2.63. The summed E-state index contributed by atoms with van der Waals surface area (Å²) < 4.78 is 39.5. The lowest BCUT2D eigenvalue weighted by molar-refractivity contribution is -0.116. The zero-order chi connectivity index (χ0) is 19.3. The number of sulfonamides is 1. The van der Waals surface area contributed by atoms with E-state index < -0.39 is 10.0 Å². The molecule has 3 rings (SSSR count). The summed E-state index contributed by atoms with van der Waals surface area (Å²) >= 11 is 0. The van der Waals surface area contributed by atoms with Crippen molar-refractivity contribution >= 4 is 27.3 Å². The number of anilines is 2. The summed E-state index contributed by atoms with van der Waals surface area (Å²) in [7, 11) is -3.29. The Morgan fingerprint density at radius 3 is 2.70 bits per heavy atom. The number of aryl methyl sites for hydroxylation is 1. The van der Waals surface area contributed by atoms with Gasteiger partial charge in [0, 0.05) is 18.7 Å². The van der Waals surface area contributed by atoms with Crippen molar-refractivity contribution in [2.45, 2.75) is 32.1 Å². The highest BCUT2D eigenvalue weighted by molar-refractivity contribution is 7.92. The number of nitrogens with one attached hydrogen (secondary N) is 1. The van der Waals surface area contributed by atoms with Crippen LogP contribution in [0.1, 0.15) is 31.2 Å². The molecule has 5 nitrogen and oxygen atoms in total. The van der Waals surface area contributed by atoms with E-state index in [0.29, 0.717) is 42.7 Å². The monoisotopic (exact) mass is 390 g/mol. The van der Waals surface area contributed by atoms with Crippen LogP contribution in [0.5, 0.6) is 0 Å². The van der Waals surface area contributed by atoms with Crippen LogP contribution in [0.15, 0.2) is 48.5 Å². The number of carbonyl (C=O) groups excluding carboxylic acids is 1. The number of hydrogen-bond acceptors (Lipinski definition) is 3. The third-order valence-corrected chi connectivity index (χ3v) is 6.44. The first-order valence-corrected chi connectivity index (χ1v) is 10.7. The van der Waals surface area contributed by atoms with Crippen molar-refractivity contribution in [3.8, 4) is 0 Å². The van der Waals surface area contributed by atoms with Crippen molar-refractivity contribution in [3.05, 3.63) is 59.9 Å². The third kappa shape index (κ3) is 5.07. The Labute approximate surface area is 159 Å². The van der Waals surface area contributed by atoms with Gasteiger partial charge >= 0.3 is 0 Å². The van der Waals surface area contributed by atoms with Gasteiger partial charge in [-0.15, -0.1) is 0 Å². The molecule has 7 heteroatoms. The SMILES string of the molecule is O=C(CCCc1ccccc1F)Nc1cccc(N2CCCCS2(=O)=O)c1. The van der Waals surface area contributed by atoms with E-state index in [1.165, 1.54) is 10.4 Å². The van der Waals surface area contributed by atoms with Crippen LogP contribution in [0.2, 0.25) is 0 Å². The minimum absolute atomic E-state index is 0.152. The molecule has 1 amide bonds. The molecule has 0 spiro atoms. The molecule has 1 N–H and O–H groups in total. The van der Waals surface area contributed by atoms with E-state index in [0.717, 1.165) is 6.42 Å². The van der Waals surface area contributed by atoms with E-state index in [1.54, 1.807) is 42.5 Å². The van der Waals surface area contributed by atoms with Crippen LogP contribution in [-0.2, 0) is 21.2 Å². The zero-order valence-electron chi connectivity index (χ0n) is 15.0. The van der Waals surface area contributed by atoms with Crippen LogP contribution in [-0.4, -0.2) is 26.6 Å². The molecule has 144 valence electrons. The molecular weight excluding hydrogens is 367 g/mol. The standard InChI is InChI=1S/C20H23FN2O3S/c21-19-11-2-1-7-16(19)8-5-12-20(24)22-17-9-6-10-18(15-17)23-13-3-4-14-27(23,25)26/h1-2,6-7,9-11,15H,3-5,8,12-14H2,(H,22,24). The van der Waals surface area contributed by atoms with Crippen LogP contribution in [0, 0.1) is 5.82 Å². The van der Waals surface area contributed by atoms with Gasteiger partial charge in [-0.05, 0) is 55.5 Å². The van der Waals surface area contributed by atoms with Crippen LogP contribution in [0.3, 0.4) is 0 Å². The fraction of sp³-hybridized carbons (Fsp3) is 0.350. The van der Waals surface area contributed by atoms with Gasteiger partial charge in [-0.2, -0.15) is 0 Å². The lowest BCUT2D eigenvalue weighted by Crippen LogP contribution is -2.37. The minimum atomic E-state index is -3.29. The number of benzene rings is 2. The largest absolute Gasteiger partial charge is 0.326 e. The molecule has 0 aliphatic carbocycles. The molecule has 1 heterocycles. The third-order valence-electron chi connectivity index (χ3n) is 4.57. The lowest BCUT2D eigenvalue weighted by atomic mass is 10.1. The van der Waals surface area contributed by atoms with Crippen molar-refractivity contribution in [1.82, 2.24) is 0 Å². The summed E-state index contributed by atoms with van der Waals surface area (Å²) in [6.45, 7) is 0.461. The van der Waals surface area contributed by atoms with Crippen molar-refractivity contribution in [2.24, 2.45) is 0 Å². The second-order valence-electron chi connectivity index (χ2n) is 6.64. The number of halogens is 1. The van der Waals surface area contributed by atoms with Crippen LogP contribution < -0.4 is 9.62 Å². The Balaban J connectivity index is 1.57. The lowest BCUT2D eigenvalue weighted by Gasteiger charge is -2.28.